The highest BCUT2D eigenvalue weighted by Crippen LogP contribution is 2.21. The maximum Gasteiger partial charge on any atom is 0.409 e. The molecule has 1 unspecified atom stereocenters. The third-order valence-corrected chi connectivity index (χ3v) is 4.38. The summed E-state index contributed by atoms with van der Waals surface area (Å²) in [5.74, 6) is -0.329. The summed E-state index contributed by atoms with van der Waals surface area (Å²) in [6.45, 7) is 5.23. The molecule has 8 heteroatoms. The summed E-state index contributed by atoms with van der Waals surface area (Å²) in [6.07, 6.45) is 3.09. The van der Waals surface area contributed by atoms with Crippen molar-refractivity contribution in [2.24, 2.45) is 5.92 Å². The van der Waals surface area contributed by atoms with Gasteiger partial charge in [-0.05, 0) is 26.2 Å². The average Bonchev–Trinajstić information content (AvgIpc) is 2.95. The van der Waals surface area contributed by atoms with Crippen LogP contribution in [-0.2, 0) is 16.0 Å². The molecule has 0 spiro atoms. The molecule has 0 aromatic carbocycles. The summed E-state index contributed by atoms with van der Waals surface area (Å²) >= 11 is 1.41. The normalized spacial score (nSPS) is 18.1. The fourth-order valence-electron chi connectivity index (χ4n) is 2.40. The monoisotopic (exact) mass is 326 g/mol. The van der Waals surface area contributed by atoms with Crippen molar-refractivity contribution in [2.75, 3.05) is 25.0 Å². The quantitative estimate of drug-likeness (QED) is 0.897. The second-order valence-electron chi connectivity index (χ2n) is 5.22. The number of carbonyl (C=O) groups excluding carboxylic acids is 2. The van der Waals surface area contributed by atoms with Crippen LogP contribution in [0.1, 0.15) is 38.1 Å². The maximum atomic E-state index is 12.3. The number of aryl methyl sites for hydroxylation is 1. The number of hydrogen-bond acceptors (Lipinski definition) is 6. The Morgan fingerprint density at radius 1 is 1.41 bits per heavy atom. The largest absolute Gasteiger partial charge is 0.450 e. The number of ether oxygens (including phenoxy) is 1. The fourth-order valence-corrected chi connectivity index (χ4v) is 3.24. The molecular weight excluding hydrogens is 304 g/mol. The molecule has 1 aromatic heterocycles. The molecule has 22 heavy (non-hydrogen) atoms. The zero-order valence-electron chi connectivity index (χ0n) is 13.0. The van der Waals surface area contributed by atoms with E-state index in [9.17, 15) is 9.59 Å². The molecule has 1 fully saturated rings. The Bertz CT molecular complexity index is 520. The van der Waals surface area contributed by atoms with Crippen molar-refractivity contribution in [3.8, 4) is 0 Å². The van der Waals surface area contributed by atoms with E-state index >= 15 is 0 Å². The lowest BCUT2D eigenvalue weighted by molar-refractivity contribution is -0.121. The molecule has 0 aliphatic carbocycles. The lowest BCUT2D eigenvalue weighted by atomic mass is 9.97. The van der Waals surface area contributed by atoms with Gasteiger partial charge in [0.25, 0.3) is 0 Å². The molecule has 1 atom stereocenters. The van der Waals surface area contributed by atoms with Gasteiger partial charge in [-0.2, -0.15) is 0 Å². The van der Waals surface area contributed by atoms with Crippen LogP contribution >= 0.6 is 11.3 Å². The van der Waals surface area contributed by atoms with Crippen molar-refractivity contribution >= 4 is 28.5 Å². The summed E-state index contributed by atoms with van der Waals surface area (Å²) in [5.41, 5.74) is 0. The number of anilines is 1. The Kier molecular flexibility index (Phi) is 6.11. The molecule has 1 aromatic rings. The van der Waals surface area contributed by atoms with E-state index in [1.54, 1.807) is 11.8 Å². The highest BCUT2D eigenvalue weighted by atomic mass is 32.1. The second kappa shape index (κ2) is 8.07. The van der Waals surface area contributed by atoms with Crippen LogP contribution < -0.4 is 5.32 Å². The molecule has 1 aliphatic heterocycles. The fraction of sp³-hybridized carbons (Fsp3) is 0.714. The molecule has 7 nitrogen and oxygen atoms in total. The van der Waals surface area contributed by atoms with Crippen LogP contribution in [0.3, 0.4) is 0 Å². The van der Waals surface area contributed by atoms with E-state index in [1.807, 2.05) is 0 Å². The van der Waals surface area contributed by atoms with Gasteiger partial charge in [0, 0.05) is 19.5 Å². The first-order valence-electron chi connectivity index (χ1n) is 7.69. The minimum Gasteiger partial charge on any atom is -0.450 e. The molecule has 122 valence electrons. The number of carbonyl (C=O) groups is 2. The van der Waals surface area contributed by atoms with Gasteiger partial charge in [-0.1, -0.05) is 18.3 Å². The summed E-state index contributed by atoms with van der Waals surface area (Å²) in [7, 11) is 0. The van der Waals surface area contributed by atoms with Gasteiger partial charge in [0.05, 0.1) is 12.5 Å². The van der Waals surface area contributed by atoms with Crippen molar-refractivity contribution in [2.45, 2.75) is 39.5 Å². The third-order valence-electron chi connectivity index (χ3n) is 3.48. The molecule has 1 saturated heterocycles. The highest BCUT2D eigenvalue weighted by Gasteiger charge is 2.29. The molecule has 1 N–H and O–H groups in total. The number of nitrogens with zero attached hydrogens (tertiary/aromatic N) is 3. The molecule has 0 radical (unpaired) electrons. The van der Waals surface area contributed by atoms with Gasteiger partial charge in [-0.25, -0.2) is 4.79 Å². The van der Waals surface area contributed by atoms with Gasteiger partial charge < -0.3 is 15.0 Å². The Balaban J connectivity index is 1.89. The van der Waals surface area contributed by atoms with Crippen LogP contribution in [0.2, 0.25) is 0 Å². The van der Waals surface area contributed by atoms with Gasteiger partial charge in [0.1, 0.15) is 5.01 Å². The summed E-state index contributed by atoms with van der Waals surface area (Å²) in [4.78, 5) is 25.7. The van der Waals surface area contributed by atoms with Gasteiger partial charge >= 0.3 is 6.09 Å². The van der Waals surface area contributed by atoms with Crippen molar-refractivity contribution < 1.29 is 14.3 Å². The number of aromatic nitrogens is 2. The van der Waals surface area contributed by atoms with Crippen LogP contribution in [0.5, 0.6) is 0 Å². The Morgan fingerprint density at radius 2 is 2.23 bits per heavy atom. The molecule has 2 amide bonds. The zero-order valence-corrected chi connectivity index (χ0v) is 13.8. The number of likely N-dealkylation sites (tertiary alicyclic amines) is 1. The van der Waals surface area contributed by atoms with E-state index in [4.69, 9.17) is 4.74 Å². The van der Waals surface area contributed by atoms with Gasteiger partial charge in [0.2, 0.25) is 11.0 Å². The molecular formula is C14H22N4O3S. The molecule has 1 aliphatic rings. The third kappa shape index (κ3) is 4.40. The first-order valence-corrected chi connectivity index (χ1v) is 8.50. The number of piperidine rings is 1. The minimum absolute atomic E-state index is 0.104. The van der Waals surface area contributed by atoms with Crippen molar-refractivity contribution in [3.05, 3.63) is 5.01 Å². The Labute approximate surface area is 134 Å². The SMILES string of the molecule is CCCc1nnc(NC(=O)C2CCCN(C(=O)OCC)C2)s1. The van der Waals surface area contributed by atoms with Crippen LogP contribution in [0.4, 0.5) is 9.93 Å². The predicted octanol–water partition coefficient (Wildman–Crippen LogP) is 2.30. The summed E-state index contributed by atoms with van der Waals surface area (Å²) in [5, 5.41) is 12.3. The van der Waals surface area contributed by atoms with Crippen molar-refractivity contribution in [1.29, 1.82) is 0 Å². The topological polar surface area (TPSA) is 84.4 Å². The van der Waals surface area contributed by atoms with Crippen LogP contribution in [0.25, 0.3) is 0 Å². The molecule has 2 rings (SSSR count). The lowest BCUT2D eigenvalue weighted by Gasteiger charge is -2.30. The van der Waals surface area contributed by atoms with Crippen molar-refractivity contribution in [1.82, 2.24) is 15.1 Å². The minimum atomic E-state index is -0.346. The lowest BCUT2D eigenvalue weighted by Crippen LogP contribution is -2.44. The van der Waals surface area contributed by atoms with Crippen LogP contribution in [0.15, 0.2) is 0 Å². The van der Waals surface area contributed by atoms with Gasteiger partial charge in [-0.15, -0.1) is 10.2 Å². The van der Waals surface area contributed by atoms with E-state index < -0.39 is 0 Å². The molecule has 0 saturated carbocycles. The van der Waals surface area contributed by atoms with E-state index in [2.05, 4.69) is 22.4 Å². The van der Waals surface area contributed by atoms with Crippen LogP contribution in [0, 0.1) is 5.92 Å². The standard InChI is InChI=1S/C14H22N4O3S/c1-3-6-11-16-17-13(22-11)15-12(19)10-7-5-8-18(9-10)14(20)21-4-2/h10H,3-9H2,1-2H3,(H,15,17,19). The van der Waals surface area contributed by atoms with E-state index in [0.717, 1.165) is 30.7 Å². The zero-order chi connectivity index (χ0) is 15.9. The number of rotatable bonds is 5. The highest BCUT2D eigenvalue weighted by molar-refractivity contribution is 7.15. The predicted molar refractivity (Wildman–Crippen MR) is 83.9 cm³/mol. The number of hydrogen-bond donors (Lipinski definition) is 1. The Morgan fingerprint density at radius 3 is 2.95 bits per heavy atom. The maximum absolute atomic E-state index is 12.3. The van der Waals surface area contributed by atoms with Gasteiger partial charge in [0.15, 0.2) is 0 Å². The number of nitrogens with one attached hydrogen (secondary N) is 1. The van der Waals surface area contributed by atoms with Crippen molar-refractivity contribution in [3.63, 3.8) is 0 Å². The summed E-state index contributed by atoms with van der Waals surface area (Å²) < 4.78 is 4.99. The molecule has 2 heterocycles. The van der Waals surface area contributed by atoms with Gasteiger partial charge in [-0.3, -0.25) is 4.79 Å². The van der Waals surface area contributed by atoms with Crippen LogP contribution in [-0.4, -0.2) is 46.8 Å². The second-order valence-corrected chi connectivity index (χ2v) is 6.29. The van der Waals surface area contributed by atoms with E-state index in [1.165, 1.54) is 11.3 Å². The van der Waals surface area contributed by atoms with E-state index in [-0.39, 0.29) is 17.9 Å². The first-order chi connectivity index (χ1) is 10.6. The smallest absolute Gasteiger partial charge is 0.409 e. The first kappa shape index (κ1) is 16.7. The average molecular weight is 326 g/mol. The summed E-state index contributed by atoms with van der Waals surface area (Å²) in [6, 6.07) is 0. The van der Waals surface area contributed by atoms with E-state index in [0.29, 0.717) is 24.8 Å². The Hall–Kier alpha value is -1.70. The molecule has 0 bridgehead atoms. The number of amides is 2.